The van der Waals surface area contributed by atoms with Gasteiger partial charge in [0.15, 0.2) is 0 Å². The summed E-state index contributed by atoms with van der Waals surface area (Å²) in [4.78, 5) is 0. The molecule has 0 spiro atoms. The lowest BCUT2D eigenvalue weighted by Gasteiger charge is -2.45. The molecule has 0 aromatic heterocycles. The van der Waals surface area contributed by atoms with Crippen LogP contribution in [-0.2, 0) is 11.2 Å². The molecule has 1 aliphatic carbocycles. The minimum Gasteiger partial charge on any atom is -0.374 e. The average molecular weight is 289 g/mol. The fourth-order valence-corrected chi connectivity index (χ4v) is 3.76. The van der Waals surface area contributed by atoms with Crippen LogP contribution in [0.2, 0.25) is 0 Å². The quantitative estimate of drug-likeness (QED) is 0.851. The van der Waals surface area contributed by atoms with Gasteiger partial charge in [-0.15, -0.1) is 0 Å². The molecule has 2 rings (SSSR count). The van der Waals surface area contributed by atoms with Crippen molar-refractivity contribution in [3.8, 4) is 0 Å². The summed E-state index contributed by atoms with van der Waals surface area (Å²) >= 11 is 0. The summed E-state index contributed by atoms with van der Waals surface area (Å²) in [6, 6.07) is 9.26. The van der Waals surface area contributed by atoms with Gasteiger partial charge in [-0.05, 0) is 64.5 Å². The predicted octanol–water partition coefficient (Wildman–Crippen LogP) is 4.11. The number of rotatable bonds is 6. The minimum atomic E-state index is 0.0136. The molecule has 0 bridgehead atoms. The maximum atomic E-state index is 6.31. The Labute approximate surface area is 130 Å². The summed E-state index contributed by atoms with van der Waals surface area (Å²) in [6.07, 6.45) is 5.98. The van der Waals surface area contributed by atoms with Crippen molar-refractivity contribution in [1.82, 2.24) is 5.32 Å². The van der Waals surface area contributed by atoms with E-state index < -0.39 is 0 Å². The molecule has 0 aliphatic heterocycles. The zero-order chi connectivity index (χ0) is 15.3. The first-order valence-corrected chi connectivity index (χ1v) is 8.46. The van der Waals surface area contributed by atoms with Gasteiger partial charge in [0, 0.05) is 12.6 Å². The Bertz CT molecular complexity index is 435. The fourth-order valence-electron chi connectivity index (χ4n) is 3.76. The number of hydrogen-bond acceptors (Lipinski definition) is 2. The van der Waals surface area contributed by atoms with Gasteiger partial charge in [0.25, 0.3) is 0 Å². The van der Waals surface area contributed by atoms with Gasteiger partial charge in [-0.3, -0.25) is 0 Å². The van der Waals surface area contributed by atoms with E-state index in [4.69, 9.17) is 4.74 Å². The van der Waals surface area contributed by atoms with Crippen molar-refractivity contribution in [3.05, 3.63) is 35.4 Å². The Hall–Kier alpha value is -0.860. The molecule has 1 atom stereocenters. The molecule has 2 heteroatoms. The van der Waals surface area contributed by atoms with E-state index in [1.54, 1.807) is 0 Å². The molecular formula is C19H31NO. The molecule has 118 valence electrons. The van der Waals surface area contributed by atoms with Gasteiger partial charge in [0.05, 0.1) is 5.60 Å². The molecule has 1 aromatic rings. The smallest absolute Gasteiger partial charge is 0.0837 e. The second-order valence-corrected chi connectivity index (χ2v) is 6.71. The van der Waals surface area contributed by atoms with E-state index in [0.717, 1.165) is 18.9 Å². The van der Waals surface area contributed by atoms with Crippen molar-refractivity contribution < 1.29 is 4.74 Å². The van der Waals surface area contributed by atoms with Crippen molar-refractivity contribution in [2.24, 2.45) is 5.92 Å². The van der Waals surface area contributed by atoms with Crippen LogP contribution in [0.15, 0.2) is 24.3 Å². The SMILES string of the molecule is CCOC1(C(Cc2cccc(C)c2)NC)CCC(C)CC1. The molecule has 1 unspecified atom stereocenters. The standard InChI is InChI=1S/C19H31NO/c1-5-21-19(11-9-15(2)10-12-19)18(20-4)14-17-8-6-7-16(3)13-17/h6-8,13,15,18,20H,5,9-12,14H2,1-4H3. The largest absolute Gasteiger partial charge is 0.374 e. The molecule has 1 fully saturated rings. The predicted molar refractivity (Wildman–Crippen MR) is 89.7 cm³/mol. The summed E-state index contributed by atoms with van der Waals surface area (Å²) in [5, 5.41) is 3.56. The molecule has 21 heavy (non-hydrogen) atoms. The highest BCUT2D eigenvalue weighted by Gasteiger charge is 2.41. The number of hydrogen-bond donors (Lipinski definition) is 1. The molecule has 0 amide bonds. The number of ether oxygens (including phenoxy) is 1. The van der Waals surface area contributed by atoms with Crippen molar-refractivity contribution in [2.45, 2.75) is 64.5 Å². The summed E-state index contributed by atoms with van der Waals surface area (Å²) < 4.78 is 6.31. The van der Waals surface area contributed by atoms with E-state index in [9.17, 15) is 0 Å². The first-order chi connectivity index (χ1) is 10.1. The normalized spacial score (nSPS) is 27.5. The third kappa shape index (κ3) is 4.08. The summed E-state index contributed by atoms with van der Waals surface area (Å²) in [5.74, 6) is 0.843. The maximum Gasteiger partial charge on any atom is 0.0837 e. The number of benzene rings is 1. The Morgan fingerprint density at radius 1 is 1.33 bits per heavy atom. The van der Waals surface area contributed by atoms with Crippen LogP contribution in [0.1, 0.15) is 50.7 Å². The maximum absolute atomic E-state index is 6.31. The van der Waals surface area contributed by atoms with E-state index in [2.05, 4.69) is 57.4 Å². The third-order valence-electron chi connectivity index (χ3n) is 5.06. The van der Waals surface area contributed by atoms with Gasteiger partial charge >= 0.3 is 0 Å². The monoisotopic (exact) mass is 289 g/mol. The van der Waals surface area contributed by atoms with Crippen molar-refractivity contribution in [1.29, 1.82) is 0 Å². The van der Waals surface area contributed by atoms with Crippen LogP contribution in [0.25, 0.3) is 0 Å². The van der Waals surface area contributed by atoms with Crippen molar-refractivity contribution in [3.63, 3.8) is 0 Å². The molecule has 0 heterocycles. The third-order valence-corrected chi connectivity index (χ3v) is 5.06. The molecule has 1 saturated carbocycles. The van der Waals surface area contributed by atoms with E-state index in [-0.39, 0.29) is 5.60 Å². The van der Waals surface area contributed by atoms with Crippen LogP contribution in [-0.4, -0.2) is 25.3 Å². The van der Waals surface area contributed by atoms with E-state index in [0.29, 0.717) is 6.04 Å². The van der Waals surface area contributed by atoms with Gasteiger partial charge in [-0.1, -0.05) is 36.8 Å². The zero-order valence-corrected chi connectivity index (χ0v) is 14.1. The van der Waals surface area contributed by atoms with E-state index in [1.165, 1.54) is 36.8 Å². The van der Waals surface area contributed by atoms with Gasteiger partial charge in [-0.2, -0.15) is 0 Å². The number of aryl methyl sites for hydroxylation is 1. The lowest BCUT2D eigenvalue weighted by atomic mass is 9.73. The molecule has 0 radical (unpaired) electrons. The van der Waals surface area contributed by atoms with Gasteiger partial charge in [0.2, 0.25) is 0 Å². The van der Waals surface area contributed by atoms with Crippen molar-refractivity contribution in [2.75, 3.05) is 13.7 Å². The fraction of sp³-hybridized carbons (Fsp3) is 0.684. The summed E-state index contributed by atoms with van der Waals surface area (Å²) in [6.45, 7) is 7.46. The molecule has 0 saturated heterocycles. The number of likely N-dealkylation sites (N-methyl/N-ethyl adjacent to an activating group) is 1. The van der Waals surface area contributed by atoms with E-state index in [1.807, 2.05) is 0 Å². The van der Waals surface area contributed by atoms with Crippen LogP contribution < -0.4 is 5.32 Å². The molecule has 1 aromatic carbocycles. The first-order valence-electron chi connectivity index (χ1n) is 8.46. The van der Waals surface area contributed by atoms with Crippen LogP contribution in [0.3, 0.4) is 0 Å². The molecule has 2 nitrogen and oxygen atoms in total. The first kappa shape index (κ1) is 16.5. The van der Waals surface area contributed by atoms with Crippen LogP contribution in [0.5, 0.6) is 0 Å². The van der Waals surface area contributed by atoms with E-state index >= 15 is 0 Å². The lowest BCUT2D eigenvalue weighted by molar-refractivity contribution is -0.0947. The Morgan fingerprint density at radius 3 is 2.62 bits per heavy atom. The Balaban J connectivity index is 2.15. The topological polar surface area (TPSA) is 21.3 Å². The minimum absolute atomic E-state index is 0.0136. The van der Waals surface area contributed by atoms with Crippen LogP contribution in [0.4, 0.5) is 0 Å². The highest BCUT2D eigenvalue weighted by molar-refractivity contribution is 5.23. The highest BCUT2D eigenvalue weighted by atomic mass is 16.5. The second kappa shape index (κ2) is 7.42. The lowest BCUT2D eigenvalue weighted by Crippen LogP contribution is -2.54. The molecule has 1 aliphatic rings. The Kier molecular flexibility index (Phi) is 5.83. The number of nitrogens with one attached hydrogen (secondary N) is 1. The zero-order valence-electron chi connectivity index (χ0n) is 14.1. The second-order valence-electron chi connectivity index (χ2n) is 6.71. The summed E-state index contributed by atoms with van der Waals surface area (Å²) in [5.41, 5.74) is 2.76. The van der Waals surface area contributed by atoms with Gasteiger partial charge in [0.1, 0.15) is 0 Å². The van der Waals surface area contributed by atoms with Crippen LogP contribution in [0, 0.1) is 12.8 Å². The van der Waals surface area contributed by atoms with Crippen LogP contribution >= 0.6 is 0 Å². The summed E-state index contributed by atoms with van der Waals surface area (Å²) in [7, 11) is 2.08. The molecular weight excluding hydrogens is 258 g/mol. The van der Waals surface area contributed by atoms with Gasteiger partial charge < -0.3 is 10.1 Å². The highest BCUT2D eigenvalue weighted by Crippen LogP contribution is 2.38. The van der Waals surface area contributed by atoms with Gasteiger partial charge in [-0.25, -0.2) is 0 Å². The van der Waals surface area contributed by atoms with Crippen molar-refractivity contribution >= 4 is 0 Å². The Morgan fingerprint density at radius 2 is 2.05 bits per heavy atom. The average Bonchev–Trinajstić information content (AvgIpc) is 2.48. The molecule has 1 N–H and O–H groups in total.